The van der Waals surface area contributed by atoms with Crippen LogP contribution in [0.5, 0.6) is 0 Å². The molecule has 0 unspecified atom stereocenters. The third-order valence-electron chi connectivity index (χ3n) is 3.62. The van der Waals surface area contributed by atoms with Gasteiger partial charge in [0.1, 0.15) is 0 Å². The zero-order valence-corrected chi connectivity index (χ0v) is 16.5. The minimum atomic E-state index is -0.435. The van der Waals surface area contributed by atoms with Crippen LogP contribution in [0.3, 0.4) is 0 Å². The van der Waals surface area contributed by atoms with Gasteiger partial charge in [-0.3, -0.25) is 0 Å². The maximum absolute atomic E-state index is 12.0. The van der Waals surface area contributed by atoms with Crippen molar-refractivity contribution in [2.75, 3.05) is 11.6 Å². The molecule has 3 rings (SSSR count). The molecule has 0 aliphatic carbocycles. The molecule has 0 N–H and O–H groups in total. The number of rotatable bonds is 8. The van der Waals surface area contributed by atoms with Crippen molar-refractivity contribution in [2.45, 2.75) is 5.32 Å². The summed E-state index contributed by atoms with van der Waals surface area (Å²) >= 11 is 0.304. The van der Waals surface area contributed by atoms with Crippen LogP contribution >= 0.6 is 0 Å². The van der Waals surface area contributed by atoms with E-state index in [4.69, 9.17) is 4.74 Å². The van der Waals surface area contributed by atoms with Crippen LogP contribution in [0.1, 0.15) is 0 Å². The van der Waals surface area contributed by atoms with Crippen molar-refractivity contribution in [3.63, 3.8) is 0 Å². The van der Waals surface area contributed by atoms with E-state index in [0.717, 1.165) is 16.7 Å². The first-order valence-corrected chi connectivity index (χ1v) is 10.7. The van der Waals surface area contributed by atoms with E-state index in [0.29, 0.717) is 21.6 Å². The summed E-state index contributed by atoms with van der Waals surface area (Å²) < 4.78 is 6.59. The first-order valence-electron chi connectivity index (χ1n) is 8.62. The van der Waals surface area contributed by atoms with Crippen LogP contribution in [0.25, 0.3) is 0 Å². The van der Waals surface area contributed by atoms with Gasteiger partial charge in [0.15, 0.2) is 0 Å². The molecule has 0 fully saturated rings. The number of ether oxygens (including phenoxy) is 1. The molecular weight excluding hydrogens is 403 g/mol. The standard InChI is InChI=1S/C22H20N2O2Se/c25-22(26-16-17-27-21-14-8-3-9-15-21)18-23-24(19-10-4-1-5-11-19)20-12-6-2-7-13-20/h1-15,18H,16-17H2/b23-18+. The normalized spacial score (nSPS) is 10.7. The molecule has 5 heteroatoms. The third kappa shape index (κ3) is 6.10. The number of carbonyl (C=O) groups is 1. The predicted molar refractivity (Wildman–Crippen MR) is 111 cm³/mol. The molecule has 0 aliphatic heterocycles. The summed E-state index contributed by atoms with van der Waals surface area (Å²) in [6.45, 7) is 0.399. The summed E-state index contributed by atoms with van der Waals surface area (Å²) in [6, 6.07) is 29.6. The molecule has 3 aromatic rings. The Morgan fingerprint density at radius 1 is 0.852 bits per heavy atom. The van der Waals surface area contributed by atoms with Gasteiger partial charge in [-0.05, 0) is 0 Å². The van der Waals surface area contributed by atoms with E-state index in [9.17, 15) is 4.79 Å². The van der Waals surface area contributed by atoms with Gasteiger partial charge in [0.05, 0.1) is 0 Å². The summed E-state index contributed by atoms with van der Waals surface area (Å²) in [5.41, 5.74) is 1.75. The van der Waals surface area contributed by atoms with Crippen molar-refractivity contribution in [3.8, 4) is 0 Å². The van der Waals surface area contributed by atoms with Gasteiger partial charge in [0, 0.05) is 0 Å². The Morgan fingerprint density at radius 2 is 1.37 bits per heavy atom. The van der Waals surface area contributed by atoms with Crippen molar-refractivity contribution < 1.29 is 9.53 Å². The third-order valence-corrected chi connectivity index (χ3v) is 5.67. The topological polar surface area (TPSA) is 41.9 Å². The van der Waals surface area contributed by atoms with E-state index in [1.807, 2.05) is 78.9 Å². The quantitative estimate of drug-likeness (QED) is 0.182. The minimum absolute atomic E-state index is 0.304. The van der Waals surface area contributed by atoms with Crippen molar-refractivity contribution in [3.05, 3.63) is 91.0 Å². The van der Waals surface area contributed by atoms with Crippen LogP contribution in [0, 0.1) is 0 Å². The number of hydrazone groups is 1. The molecular formula is C22H20N2O2Se. The second-order valence-electron chi connectivity index (χ2n) is 5.56. The summed E-state index contributed by atoms with van der Waals surface area (Å²) in [4.78, 5) is 12.0. The van der Waals surface area contributed by atoms with Gasteiger partial charge in [0.2, 0.25) is 0 Å². The number of esters is 1. The van der Waals surface area contributed by atoms with E-state index >= 15 is 0 Å². The Labute approximate surface area is 165 Å². The maximum atomic E-state index is 12.0. The fraction of sp³-hybridized carbons (Fsp3) is 0.0909. The molecule has 0 bridgehead atoms. The van der Waals surface area contributed by atoms with Crippen LogP contribution < -0.4 is 9.47 Å². The number of hydrogen-bond acceptors (Lipinski definition) is 4. The van der Waals surface area contributed by atoms with Crippen LogP contribution in [-0.2, 0) is 9.53 Å². The zero-order valence-electron chi connectivity index (χ0n) is 14.8. The fourth-order valence-corrected chi connectivity index (χ4v) is 3.96. The van der Waals surface area contributed by atoms with Gasteiger partial charge >= 0.3 is 166 Å². The van der Waals surface area contributed by atoms with Gasteiger partial charge in [-0.25, -0.2) is 0 Å². The Kier molecular flexibility index (Phi) is 7.22. The molecule has 0 saturated carbocycles. The van der Waals surface area contributed by atoms with Gasteiger partial charge in [-0.1, -0.05) is 0 Å². The van der Waals surface area contributed by atoms with Gasteiger partial charge in [0.25, 0.3) is 0 Å². The number of nitrogens with zero attached hydrogens (tertiary/aromatic N) is 2. The van der Waals surface area contributed by atoms with E-state index in [-0.39, 0.29) is 0 Å². The number of benzene rings is 3. The second kappa shape index (κ2) is 10.3. The van der Waals surface area contributed by atoms with E-state index in [1.54, 1.807) is 5.01 Å². The summed E-state index contributed by atoms with van der Waals surface area (Å²) in [5, 5.41) is 6.90. The van der Waals surface area contributed by atoms with Crippen LogP contribution in [0.15, 0.2) is 96.1 Å². The average Bonchev–Trinajstić information content (AvgIpc) is 2.74. The average molecular weight is 423 g/mol. The molecule has 0 saturated heterocycles. The first-order chi connectivity index (χ1) is 13.3. The second-order valence-corrected chi connectivity index (χ2v) is 8.01. The molecule has 0 heterocycles. The Balaban J connectivity index is 1.57. The molecule has 0 aromatic heterocycles. The van der Waals surface area contributed by atoms with Crippen molar-refractivity contribution >= 4 is 43.0 Å². The van der Waals surface area contributed by atoms with Crippen molar-refractivity contribution in [1.82, 2.24) is 0 Å². The number of carbonyl (C=O) groups excluding carboxylic acids is 1. The molecule has 0 radical (unpaired) electrons. The molecule has 4 nitrogen and oxygen atoms in total. The van der Waals surface area contributed by atoms with E-state index in [2.05, 4.69) is 17.2 Å². The Bertz CT molecular complexity index is 816. The molecule has 27 heavy (non-hydrogen) atoms. The molecule has 0 amide bonds. The van der Waals surface area contributed by atoms with Crippen molar-refractivity contribution in [1.29, 1.82) is 0 Å². The number of anilines is 2. The number of para-hydroxylation sites is 2. The Morgan fingerprint density at radius 3 is 1.93 bits per heavy atom. The predicted octanol–water partition coefficient (Wildman–Crippen LogP) is 3.80. The van der Waals surface area contributed by atoms with E-state index < -0.39 is 5.97 Å². The molecule has 136 valence electrons. The van der Waals surface area contributed by atoms with Crippen LogP contribution in [-0.4, -0.2) is 33.7 Å². The van der Waals surface area contributed by atoms with Gasteiger partial charge in [-0.2, -0.15) is 0 Å². The Hall–Kier alpha value is -2.88. The molecule has 0 aliphatic rings. The van der Waals surface area contributed by atoms with Crippen LogP contribution in [0.2, 0.25) is 5.32 Å². The molecule has 3 aromatic carbocycles. The first kappa shape index (κ1) is 18.9. The summed E-state index contributed by atoms with van der Waals surface area (Å²) in [5.74, 6) is -0.435. The SMILES string of the molecule is O=C(/C=N/N(c1ccccc1)c1ccccc1)OCC[Se]c1ccccc1. The van der Waals surface area contributed by atoms with Gasteiger partial charge < -0.3 is 0 Å². The van der Waals surface area contributed by atoms with E-state index in [1.165, 1.54) is 10.7 Å². The number of hydrogen-bond donors (Lipinski definition) is 0. The molecule has 0 atom stereocenters. The zero-order chi connectivity index (χ0) is 18.7. The van der Waals surface area contributed by atoms with Crippen molar-refractivity contribution in [2.24, 2.45) is 5.10 Å². The molecule has 0 spiro atoms. The monoisotopic (exact) mass is 424 g/mol. The fourth-order valence-electron chi connectivity index (χ4n) is 2.38. The summed E-state index contributed by atoms with van der Waals surface area (Å²) in [7, 11) is 0. The summed E-state index contributed by atoms with van der Waals surface area (Å²) in [6.07, 6.45) is 1.23. The van der Waals surface area contributed by atoms with Crippen LogP contribution in [0.4, 0.5) is 11.4 Å². The van der Waals surface area contributed by atoms with Gasteiger partial charge in [-0.15, -0.1) is 0 Å².